The molecular weight excluding hydrogens is 541 g/mol. The SMILES string of the molecule is CC1(C)OB(c2ccc3c(c2)C(c2ccccc2)(c2nc4cccnc4nc2-c2ccccc2)c2ccccc2-3)OC1(C)C. The largest absolute Gasteiger partial charge is 0.494 e. The Kier molecular flexibility index (Phi) is 5.93. The van der Waals surface area contributed by atoms with Crippen LogP contribution in [0.3, 0.4) is 0 Å². The summed E-state index contributed by atoms with van der Waals surface area (Å²) in [4.78, 5) is 15.3. The van der Waals surface area contributed by atoms with E-state index in [9.17, 15) is 0 Å². The van der Waals surface area contributed by atoms with Gasteiger partial charge in [-0.1, -0.05) is 103 Å². The molecule has 0 saturated carbocycles. The molecule has 44 heavy (non-hydrogen) atoms. The lowest BCUT2D eigenvalue weighted by Gasteiger charge is -2.34. The maximum Gasteiger partial charge on any atom is 0.494 e. The highest BCUT2D eigenvalue weighted by atomic mass is 16.7. The molecule has 5 nitrogen and oxygen atoms in total. The number of benzene rings is 4. The standard InChI is InChI=1S/C38H32BN3O2/c1-36(2)37(3,4)44-39(43-36)27-21-22-29-28-18-11-12-19-30(28)38(31(29)24-27,26-16-9-6-10-17-26)34-33(25-14-7-5-8-15-25)42-35-32(41-34)20-13-23-40-35/h5-24H,1-4H3. The van der Waals surface area contributed by atoms with Crippen LogP contribution in [0.4, 0.5) is 0 Å². The third-order valence-electron chi connectivity index (χ3n) is 9.64. The van der Waals surface area contributed by atoms with Gasteiger partial charge in [-0.25, -0.2) is 15.0 Å². The van der Waals surface area contributed by atoms with Gasteiger partial charge in [-0.3, -0.25) is 0 Å². The minimum atomic E-state index is -0.769. The molecule has 0 spiro atoms. The molecule has 214 valence electrons. The molecule has 1 aliphatic heterocycles. The number of hydrogen-bond donors (Lipinski definition) is 0. The number of aromatic nitrogens is 3. The van der Waals surface area contributed by atoms with Crippen molar-refractivity contribution in [3.05, 3.63) is 144 Å². The number of pyridine rings is 1. The van der Waals surface area contributed by atoms with Gasteiger partial charge in [-0.2, -0.15) is 0 Å². The van der Waals surface area contributed by atoms with E-state index >= 15 is 0 Å². The predicted octanol–water partition coefficient (Wildman–Crippen LogP) is 7.35. The normalized spacial score (nSPS) is 19.6. The molecule has 0 radical (unpaired) electrons. The molecule has 8 rings (SSSR count). The summed E-state index contributed by atoms with van der Waals surface area (Å²) < 4.78 is 13.1. The van der Waals surface area contributed by atoms with Gasteiger partial charge in [0.1, 0.15) is 5.52 Å². The lowest BCUT2D eigenvalue weighted by molar-refractivity contribution is 0.00578. The molecule has 6 aromatic rings. The summed E-state index contributed by atoms with van der Waals surface area (Å²) >= 11 is 0. The summed E-state index contributed by atoms with van der Waals surface area (Å²) in [6.45, 7) is 8.37. The fourth-order valence-electron chi connectivity index (χ4n) is 6.77. The number of hydrogen-bond acceptors (Lipinski definition) is 5. The summed E-state index contributed by atoms with van der Waals surface area (Å²) in [6, 6.07) is 40.2. The fraction of sp³-hybridized carbons (Fsp3) is 0.184. The second kappa shape index (κ2) is 9.68. The Morgan fingerprint density at radius 2 is 1.27 bits per heavy atom. The first kappa shape index (κ1) is 26.9. The molecular formula is C38H32BN3O2. The van der Waals surface area contributed by atoms with Gasteiger partial charge in [0, 0.05) is 11.8 Å². The molecule has 2 aliphatic rings. The summed E-state index contributed by atoms with van der Waals surface area (Å²) in [5.41, 5.74) is 9.11. The molecule has 6 heteroatoms. The van der Waals surface area contributed by atoms with Gasteiger partial charge in [0.15, 0.2) is 5.65 Å². The Balaban J connectivity index is 1.49. The minimum absolute atomic E-state index is 0.451. The van der Waals surface area contributed by atoms with E-state index < -0.39 is 23.7 Å². The number of nitrogens with zero attached hydrogens (tertiary/aromatic N) is 3. The first-order chi connectivity index (χ1) is 21.3. The molecule has 1 atom stereocenters. The maximum atomic E-state index is 6.56. The predicted molar refractivity (Wildman–Crippen MR) is 176 cm³/mol. The average molecular weight is 574 g/mol. The molecule has 2 aromatic heterocycles. The van der Waals surface area contributed by atoms with Crippen LogP contribution >= 0.6 is 0 Å². The topological polar surface area (TPSA) is 57.1 Å². The highest BCUT2D eigenvalue weighted by molar-refractivity contribution is 6.62. The second-order valence-electron chi connectivity index (χ2n) is 12.7. The van der Waals surface area contributed by atoms with Crippen LogP contribution in [0.2, 0.25) is 0 Å². The van der Waals surface area contributed by atoms with Crippen molar-refractivity contribution in [2.45, 2.75) is 44.3 Å². The van der Waals surface area contributed by atoms with E-state index in [0.717, 1.165) is 44.6 Å². The Labute approximate surface area is 258 Å². The zero-order valence-electron chi connectivity index (χ0n) is 25.3. The van der Waals surface area contributed by atoms with E-state index in [-0.39, 0.29) is 0 Å². The van der Waals surface area contributed by atoms with E-state index in [1.807, 2.05) is 30.3 Å². The molecule has 1 saturated heterocycles. The Morgan fingerprint density at radius 3 is 2.02 bits per heavy atom. The lowest BCUT2D eigenvalue weighted by Crippen LogP contribution is -2.41. The molecule has 3 heterocycles. The summed E-state index contributed by atoms with van der Waals surface area (Å²) in [5.74, 6) is 0. The van der Waals surface area contributed by atoms with Crippen LogP contribution < -0.4 is 5.46 Å². The van der Waals surface area contributed by atoms with E-state index in [2.05, 4.69) is 118 Å². The van der Waals surface area contributed by atoms with E-state index in [4.69, 9.17) is 19.3 Å². The zero-order chi connectivity index (χ0) is 30.1. The lowest BCUT2D eigenvalue weighted by atomic mass is 9.67. The van der Waals surface area contributed by atoms with Crippen molar-refractivity contribution in [2.75, 3.05) is 0 Å². The molecule has 4 aromatic carbocycles. The van der Waals surface area contributed by atoms with Crippen LogP contribution in [-0.4, -0.2) is 33.3 Å². The van der Waals surface area contributed by atoms with Crippen molar-refractivity contribution in [2.24, 2.45) is 0 Å². The van der Waals surface area contributed by atoms with Crippen LogP contribution in [0.15, 0.2) is 121 Å². The summed E-state index contributed by atoms with van der Waals surface area (Å²) in [5, 5.41) is 0. The van der Waals surface area contributed by atoms with E-state index in [1.165, 1.54) is 11.1 Å². The molecule has 0 bridgehead atoms. The first-order valence-electron chi connectivity index (χ1n) is 15.1. The van der Waals surface area contributed by atoms with Crippen molar-refractivity contribution in [1.29, 1.82) is 0 Å². The second-order valence-corrected chi connectivity index (χ2v) is 12.7. The number of fused-ring (bicyclic) bond motifs is 4. The van der Waals surface area contributed by atoms with Crippen molar-refractivity contribution in [3.8, 4) is 22.4 Å². The van der Waals surface area contributed by atoms with Gasteiger partial charge < -0.3 is 9.31 Å². The van der Waals surface area contributed by atoms with Crippen LogP contribution in [0.25, 0.3) is 33.5 Å². The van der Waals surface area contributed by atoms with Gasteiger partial charge in [-0.05, 0) is 73.1 Å². The smallest absolute Gasteiger partial charge is 0.399 e. The molecule has 0 N–H and O–H groups in total. The van der Waals surface area contributed by atoms with Crippen molar-refractivity contribution >= 4 is 23.7 Å². The van der Waals surface area contributed by atoms with Crippen molar-refractivity contribution in [3.63, 3.8) is 0 Å². The van der Waals surface area contributed by atoms with Crippen LogP contribution in [0.1, 0.15) is 50.1 Å². The molecule has 1 aliphatic carbocycles. The molecule has 1 fully saturated rings. The molecule has 0 amide bonds. The molecule has 1 unspecified atom stereocenters. The van der Waals surface area contributed by atoms with E-state index in [0.29, 0.717) is 5.65 Å². The highest BCUT2D eigenvalue weighted by Crippen LogP contribution is 2.57. The third-order valence-corrected chi connectivity index (χ3v) is 9.64. The van der Waals surface area contributed by atoms with Crippen molar-refractivity contribution < 1.29 is 9.31 Å². The van der Waals surface area contributed by atoms with E-state index in [1.54, 1.807) is 6.20 Å². The Bertz CT molecular complexity index is 2030. The number of rotatable bonds is 4. The van der Waals surface area contributed by atoms with Crippen molar-refractivity contribution in [1.82, 2.24) is 15.0 Å². The maximum absolute atomic E-state index is 6.56. The zero-order valence-corrected chi connectivity index (χ0v) is 25.3. The summed E-state index contributed by atoms with van der Waals surface area (Å²) in [6.07, 6.45) is 1.77. The first-order valence-corrected chi connectivity index (χ1v) is 15.1. The van der Waals surface area contributed by atoms with Crippen LogP contribution in [-0.2, 0) is 14.7 Å². The summed E-state index contributed by atoms with van der Waals surface area (Å²) in [7, 11) is -0.497. The highest BCUT2D eigenvalue weighted by Gasteiger charge is 2.53. The van der Waals surface area contributed by atoms with Gasteiger partial charge >= 0.3 is 7.12 Å². The fourth-order valence-corrected chi connectivity index (χ4v) is 6.77. The van der Waals surface area contributed by atoms with Gasteiger partial charge in [0.25, 0.3) is 0 Å². The van der Waals surface area contributed by atoms with Gasteiger partial charge in [0.05, 0.1) is 28.0 Å². The Morgan fingerprint density at radius 1 is 0.614 bits per heavy atom. The quantitative estimate of drug-likeness (QED) is 0.206. The van der Waals surface area contributed by atoms with Crippen LogP contribution in [0, 0.1) is 0 Å². The van der Waals surface area contributed by atoms with Crippen LogP contribution in [0.5, 0.6) is 0 Å². The minimum Gasteiger partial charge on any atom is -0.399 e. The monoisotopic (exact) mass is 573 g/mol. The Hall–Kier alpha value is -4.65. The average Bonchev–Trinajstić information content (AvgIpc) is 3.47. The van der Waals surface area contributed by atoms with Gasteiger partial charge in [0.2, 0.25) is 0 Å². The third kappa shape index (κ3) is 3.84. The van der Waals surface area contributed by atoms with Gasteiger partial charge in [-0.15, -0.1) is 0 Å².